The molecule has 5 heteroatoms. The fourth-order valence-electron chi connectivity index (χ4n) is 0.945. The van der Waals surface area contributed by atoms with Crippen LogP contribution in [0.15, 0.2) is 30.5 Å². The summed E-state index contributed by atoms with van der Waals surface area (Å²) in [5.41, 5.74) is 0.245. The summed E-state index contributed by atoms with van der Waals surface area (Å²) in [7, 11) is 0. The molecule has 0 unspecified atom stereocenters. The third-order valence-electron chi connectivity index (χ3n) is 1.55. The SMILES string of the molecule is O=[N+]([O-])/C=C/c1cccc(C(F)F)c1. The lowest BCUT2D eigenvalue weighted by atomic mass is 10.1. The van der Waals surface area contributed by atoms with Gasteiger partial charge in [0.15, 0.2) is 0 Å². The van der Waals surface area contributed by atoms with Crippen molar-refractivity contribution in [1.29, 1.82) is 0 Å². The van der Waals surface area contributed by atoms with Gasteiger partial charge >= 0.3 is 0 Å². The molecule has 1 aromatic rings. The fraction of sp³-hybridized carbons (Fsp3) is 0.111. The highest BCUT2D eigenvalue weighted by Crippen LogP contribution is 2.19. The molecule has 0 saturated carbocycles. The Balaban J connectivity index is 2.89. The van der Waals surface area contributed by atoms with Crippen LogP contribution in [0.3, 0.4) is 0 Å². The quantitative estimate of drug-likeness (QED) is 0.554. The lowest BCUT2D eigenvalue weighted by molar-refractivity contribution is -0.400. The van der Waals surface area contributed by atoms with Gasteiger partial charge < -0.3 is 0 Å². The predicted molar refractivity (Wildman–Crippen MR) is 47.4 cm³/mol. The number of halogens is 2. The molecular formula is C9H7F2NO2. The Morgan fingerprint density at radius 2 is 2.14 bits per heavy atom. The van der Waals surface area contributed by atoms with Crippen molar-refractivity contribution in [3.8, 4) is 0 Å². The van der Waals surface area contributed by atoms with E-state index in [1.165, 1.54) is 30.3 Å². The molecule has 3 nitrogen and oxygen atoms in total. The molecule has 1 rings (SSSR count). The molecule has 14 heavy (non-hydrogen) atoms. The van der Waals surface area contributed by atoms with Crippen molar-refractivity contribution in [1.82, 2.24) is 0 Å². The summed E-state index contributed by atoms with van der Waals surface area (Å²) in [6, 6.07) is 5.44. The number of hydrogen-bond acceptors (Lipinski definition) is 2. The second-order valence-corrected chi connectivity index (χ2v) is 2.57. The van der Waals surface area contributed by atoms with Crippen molar-refractivity contribution >= 4 is 6.08 Å². The summed E-state index contributed by atoms with van der Waals surface area (Å²) in [4.78, 5) is 9.32. The molecule has 0 fully saturated rings. The van der Waals surface area contributed by atoms with Crippen molar-refractivity contribution in [2.24, 2.45) is 0 Å². The van der Waals surface area contributed by atoms with Crippen LogP contribution < -0.4 is 0 Å². The van der Waals surface area contributed by atoms with Gasteiger partial charge in [-0.15, -0.1) is 0 Å². The van der Waals surface area contributed by atoms with E-state index in [1.54, 1.807) is 0 Å². The first-order valence-corrected chi connectivity index (χ1v) is 3.79. The molecule has 0 aliphatic rings. The summed E-state index contributed by atoms with van der Waals surface area (Å²) in [6.07, 6.45) is -0.671. The third-order valence-corrected chi connectivity index (χ3v) is 1.55. The molecule has 0 aromatic heterocycles. The average Bonchev–Trinajstić information content (AvgIpc) is 2.15. The monoisotopic (exact) mass is 199 g/mol. The molecule has 0 heterocycles. The Labute approximate surface area is 78.8 Å². The maximum absolute atomic E-state index is 12.2. The van der Waals surface area contributed by atoms with Crippen LogP contribution in [-0.4, -0.2) is 4.92 Å². The lowest BCUT2D eigenvalue weighted by Gasteiger charge is -1.99. The molecule has 1 aromatic carbocycles. The summed E-state index contributed by atoms with van der Waals surface area (Å²) in [6.45, 7) is 0. The predicted octanol–water partition coefficient (Wildman–Crippen LogP) is 2.87. The molecule has 0 saturated heterocycles. The van der Waals surface area contributed by atoms with Crippen molar-refractivity contribution in [2.75, 3.05) is 0 Å². The van der Waals surface area contributed by atoms with Crippen molar-refractivity contribution in [3.63, 3.8) is 0 Å². The van der Waals surface area contributed by atoms with E-state index in [-0.39, 0.29) is 5.56 Å². The Kier molecular flexibility index (Phi) is 3.28. The lowest BCUT2D eigenvalue weighted by Crippen LogP contribution is -1.86. The molecule has 0 aliphatic carbocycles. The van der Waals surface area contributed by atoms with E-state index in [0.717, 1.165) is 0 Å². The number of nitro groups is 1. The van der Waals surface area contributed by atoms with Gasteiger partial charge in [0.25, 0.3) is 6.43 Å². The van der Waals surface area contributed by atoms with Crippen LogP contribution in [0.2, 0.25) is 0 Å². The average molecular weight is 199 g/mol. The number of benzene rings is 1. The van der Waals surface area contributed by atoms with Crippen LogP contribution in [0.5, 0.6) is 0 Å². The first kappa shape index (κ1) is 10.3. The van der Waals surface area contributed by atoms with E-state index in [4.69, 9.17) is 0 Å². The van der Waals surface area contributed by atoms with Crippen molar-refractivity contribution in [2.45, 2.75) is 6.43 Å². The van der Waals surface area contributed by atoms with Gasteiger partial charge in [-0.2, -0.15) is 0 Å². The van der Waals surface area contributed by atoms with Crippen molar-refractivity contribution < 1.29 is 13.7 Å². The molecule has 0 bridgehead atoms. The standard InChI is InChI=1S/C9H7F2NO2/c10-9(11)8-3-1-2-7(6-8)4-5-12(13)14/h1-6,9H/b5-4+. The molecule has 0 radical (unpaired) electrons. The second kappa shape index (κ2) is 4.45. The topological polar surface area (TPSA) is 43.1 Å². The van der Waals surface area contributed by atoms with Crippen molar-refractivity contribution in [3.05, 3.63) is 51.7 Å². The van der Waals surface area contributed by atoms with Gasteiger partial charge in [-0.1, -0.05) is 18.2 Å². The summed E-state index contributed by atoms with van der Waals surface area (Å²) < 4.78 is 24.4. The molecule has 74 valence electrons. The Morgan fingerprint density at radius 1 is 1.43 bits per heavy atom. The minimum absolute atomic E-state index is 0.143. The van der Waals surface area contributed by atoms with E-state index >= 15 is 0 Å². The maximum Gasteiger partial charge on any atom is 0.263 e. The van der Waals surface area contributed by atoms with E-state index in [0.29, 0.717) is 11.8 Å². The highest BCUT2D eigenvalue weighted by molar-refractivity contribution is 5.49. The molecule has 0 aliphatic heterocycles. The Bertz CT molecular complexity index is 364. The molecular weight excluding hydrogens is 192 g/mol. The van der Waals surface area contributed by atoms with Gasteiger partial charge in [0.1, 0.15) is 0 Å². The van der Waals surface area contributed by atoms with Crippen LogP contribution in [0.1, 0.15) is 17.6 Å². The summed E-state index contributed by atoms with van der Waals surface area (Å²) in [5.74, 6) is 0. The van der Waals surface area contributed by atoms with Crippen LogP contribution in [-0.2, 0) is 0 Å². The van der Waals surface area contributed by atoms with Crippen LogP contribution in [0.4, 0.5) is 8.78 Å². The molecule has 0 spiro atoms. The van der Waals surface area contributed by atoms with E-state index < -0.39 is 11.3 Å². The minimum atomic E-state index is -2.56. The fourth-order valence-corrected chi connectivity index (χ4v) is 0.945. The van der Waals surface area contributed by atoms with E-state index in [2.05, 4.69) is 0 Å². The largest absolute Gasteiger partial charge is 0.263 e. The Morgan fingerprint density at radius 3 is 2.71 bits per heavy atom. The minimum Gasteiger partial charge on any atom is -0.259 e. The highest BCUT2D eigenvalue weighted by atomic mass is 19.3. The summed E-state index contributed by atoms with van der Waals surface area (Å²) in [5, 5.41) is 9.96. The molecule has 0 atom stereocenters. The number of nitrogens with zero attached hydrogens (tertiary/aromatic N) is 1. The summed E-state index contributed by atoms with van der Waals surface area (Å²) >= 11 is 0. The number of hydrogen-bond donors (Lipinski definition) is 0. The van der Waals surface area contributed by atoms with E-state index in [1.807, 2.05) is 0 Å². The van der Waals surface area contributed by atoms with Crippen LogP contribution in [0.25, 0.3) is 6.08 Å². The highest BCUT2D eigenvalue weighted by Gasteiger charge is 2.05. The molecule has 0 amide bonds. The Hall–Kier alpha value is -1.78. The maximum atomic E-state index is 12.2. The van der Waals surface area contributed by atoms with Gasteiger partial charge in [-0.3, -0.25) is 10.1 Å². The van der Waals surface area contributed by atoms with E-state index in [9.17, 15) is 18.9 Å². The first-order valence-electron chi connectivity index (χ1n) is 3.79. The molecule has 0 N–H and O–H groups in total. The van der Waals surface area contributed by atoms with Gasteiger partial charge in [-0.25, -0.2) is 8.78 Å². The second-order valence-electron chi connectivity index (χ2n) is 2.57. The first-order chi connectivity index (χ1) is 6.59. The van der Waals surface area contributed by atoms with Crippen LogP contribution >= 0.6 is 0 Å². The normalized spacial score (nSPS) is 11.1. The van der Waals surface area contributed by atoms with Gasteiger partial charge in [0.05, 0.1) is 4.92 Å². The zero-order chi connectivity index (χ0) is 10.6. The number of rotatable bonds is 3. The third kappa shape index (κ3) is 2.93. The van der Waals surface area contributed by atoms with Crippen LogP contribution in [0, 0.1) is 10.1 Å². The van der Waals surface area contributed by atoms with Gasteiger partial charge in [0.2, 0.25) is 6.20 Å². The van der Waals surface area contributed by atoms with Gasteiger partial charge in [0, 0.05) is 11.6 Å². The smallest absolute Gasteiger partial charge is 0.259 e. The zero-order valence-corrected chi connectivity index (χ0v) is 7.06. The van der Waals surface area contributed by atoms with Gasteiger partial charge in [-0.05, 0) is 11.6 Å². The zero-order valence-electron chi connectivity index (χ0n) is 7.06. The number of alkyl halides is 2.